The molecule has 3 nitrogen and oxygen atoms in total. The van der Waals surface area contributed by atoms with Crippen LogP contribution in [-0.4, -0.2) is 50.2 Å². The zero-order chi connectivity index (χ0) is 9.19. The first-order chi connectivity index (χ1) is 5.55. The van der Waals surface area contributed by atoms with E-state index in [1.165, 1.54) is 0 Å². The van der Waals surface area contributed by atoms with Gasteiger partial charge in [-0.05, 0) is 13.5 Å². The lowest BCUT2D eigenvalue weighted by Crippen LogP contribution is -2.33. The Labute approximate surface area is 79.5 Å². The highest BCUT2D eigenvalue weighted by molar-refractivity contribution is 7.91. The molecule has 0 aromatic heterocycles. The van der Waals surface area contributed by atoms with E-state index in [1.807, 2.05) is 7.05 Å². The van der Waals surface area contributed by atoms with Crippen LogP contribution in [0.1, 0.15) is 6.42 Å². The molecule has 0 amide bonds. The van der Waals surface area contributed by atoms with Gasteiger partial charge in [-0.3, -0.25) is 0 Å². The first-order valence-electron chi connectivity index (χ1n) is 4.07. The Hall–Kier alpha value is 0.260. The highest BCUT2D eigenvalue weighted by Gasteiger charge is 2.29. The molecule has 0 bridgehead atoms. The van der Waals surface area contributed by atoms with E-state index in [-0.39, 0.29) is 6.04 Å². The minimum atomic E-state index is -2.73. The summed E-state index contributed by atoms with van der Waals surface area (Å²) < 4.78 is 22.2. The Morgan fingerprint density at radius 3 is 2.67 bits per heavy atom. The average molecular weight is 209 g/mol. The Morgan fingerprint density at radius 1 is 1.58 bits per heavy atom. The molecule has 1 unspecified atom stereocenters. The quantitative estimate of drug-likeness (QED) is 0.667. The molecule has 1 fully saturated rings. The maximum atomic E-state index is 11.1. The van der Waals surface area contributed by atoms with Crippen LogP contribution < -0.4 is 0 Å². The standard InChI is InChI=1S/C7H15NO2S2/c1-8(3-4-11)7-2-5-12(9,10)6-7/h7,11H,2-6H2,1H3. The normalized spacial score (nSPS) is 28.1. The molecule has 72 valence electrons. The monoisotopic (exact) mass is 209 g/mol. The molecule has 0 spiro atoms. The van der Waals surface area contributed by atoms with Crippen molar-refractivity contribution in [3.05, 3.63) is 0 Å². The predicted octanol–water partition coefficient (Wildman–Crippen LogP) is 0.0351. The van der Waals surface area contributed by atoms with E-state index in [1.54, 1.807) is 0 Å². The van der Waals surface area contributed by atoms with E-state index < -0.39 is 9.84 Å². The van der Waals surface area contributed by atoms with Gasteiger partial charge in [-0.15, -0.1) is 0 Å². The van der Waals surface area contributed by atoms with Crippen LogP contribution in [0.3, 0.4) is 0 Å². The van der Waals surface area contributed by atoms with Gasteiger partial charge in [0, 0.05) is 18.3 Å². The Morgan fingerprint density at radius 2 is 2.25 bits per heavy atom. The van der Waals surface area contributed by atoms with Crippen molar-refractivity contribution in [1.29, 1.82) is 0 Å². The highest BCUT2D eigenvalue weighted by Crippen LogP contribution is 2.15. The summed E-state index contributed by atoms with van der Waals surface area (Å²) in [4.78, 5) is 2.08. The molecule has 5 heteroatoms. The van der Waals surface area contributed by atoms with Gasteiger partial charge in [0.1, 0.15) is 0 Å². The number of hydrogen-bond acceptors (Lipinski definition) is 4. The molecule has 0 aromatic rings. The van der Waals surface area contributed by atoms with Gasteiger partial charge in [0.25, 0.3) is 0 Å². The lowest BCUT2D eigenvalue weighted by Gasteiger charge is -2.21. The molecule has 1 aliphatic rings. The maximum Gasteiger partial charge on any atom is 0.151 e. The zero-order valence-corrected chi connectivity index (χ0v) is 8.94. The summed E-state index contributed by atoms with van der Waals surface area (Å²) in [5, 5.41) is 0. The van der Waals surface area contributed by atoms with Gasteiger partial charge in [-0.1, -0.05) is 0 Å². The van der Waals surface area contributed by atoms with Crippen molar-refractivity contribution in [1.82, 2.24) is 4.90 Å². The van der Waals surface area contributed by atoms with Gasteiger partial charge in [-0.25, -0.2) is 8.42 Å². The van der Waals surface area contributed by atoms with E-state index in [2.05, 4.69) is 17.5 Å². The third-order valence-corrected chi connectivity index (χ3v) is 4.23. The molecule has 0 N–H and O–H groups in total. The van der Waals surface area contributed by atoms with Gasteiger partial charge in [-0.2, -0.15) is 12.6 Å². The second-order valence-electron chi connectivity index (χ2n) is 3.26. The minimum absolute atomic E-state index is 0.224. The van der Waals surface area contributed by atoms with Crippen LogP contribution >= 0.6 is 12.6 Å². The molecule has 0 radical (unpaired) electrons. The molecule has 0 saturated carbocycles. The Bertz CT molecular complexity index is 238. The molecule has 1 aliphatic heterocycles. The van der Waals surface area contributed by atoms with Crippen molar-refractivity contribution in [2.75, 3.05) is 30.9 Å². The number of rotatable bonds is 3. The van der Waals surface area contributed by atoms with Crippen molar-refractivity contribution in [3.8, 4) is 0 Å². The molecule has 12 heavy (non-hydrogen) atoms. The van der Waals surface area contributed by atoms with Crippen molar-refractivity contribution in [2.24, 2.45) is 0 Å². The van der Waals surface area contributed by atoms with E-state index in [9.17, 15) is 8.42 Å². The smallest absolute Gasteiger partial charge is 0.151 e. The molecular formula is C7H15NO2S2. The van der Waals surface area contributed by atoms with Crippen molar-refractivity contribution in [2.45, 2.75) is 12.5 Å². The SMILES string of the molecule is CN(CCS)C1CCS(=O)(=O)C1. The largest absolute Gasteiger partial charge is 0.302 e. The summed E-state index contributed by atoms with van der Waals surface area (Å²) in [5.74, 6) is 1.47. The molecule has 0 aliphatic carbocycles. The lowest BCUT2D eigenvalue weighted by atomic mass is 10.2. The summed E-state index contributed by atoms with van der Waals surface area (Å²) in [5.41, 5.74) is 0. The zero-order valence-electron chi connectivity index (χ0n) is 7.23. The molecule has 1 saturated heterocycles. The predicted molar refractivity (Wildman–Crippen MR) is 53.5 cm³/mol. The third-order valence-electron chi connectivity index (χ3n) is 2.28. The first-order valence-corrected chi connectivity index (χ1v) is 6.52. The van der Waals surface area contributed by atoms with Gasteiger partial charge in [0.2, 0.25) is 0 Å². The van der Waals surface area contributed by atoms with Crippen LogP contribution in [0.15, 0.2) is 0 Å². The number of hydrogen-bond donors (Lipinski definition) is 1. The van der Waals surface area contributed by atoms with Crippen LogP contribution in [0.25, 0.3) is 0 Å². The van der Waals surface area contributed by atoms with Crippen molar-refractivity contribution in [3.63, 3.8) is 0 Å². The Kier molecular flexibility index (Phi) is 3.43. The second-order valence-corrected chi connectivity index (χ2v) is 5.94. The molecule has 1 heterocycles. The molecule has 1 atom stereocenters. The molecular weight excluding hydrogens is 194 g/mol. The fourth-order valence-electron chi connectivity index (χ4n) is 1.46. The van der Waals surface area contributed by atoms with E-state index in [0.29, 0.717) is 11.5 Å². The van der Waals surface area contributed by atoms with Crippen LogP contribution in [0.5, 0.6) is 0 Å². The van der Waals surface area contributed by atoms with E-state index in [4.69, 9.17) is 0 Å². The minimum Gasteiger partial charge on any atom is -0.302 e. The fraction of sp³-hybridized carbons (Fsp3) is 1.00. The van der Waals surface area contributed by atoms with Crippen molar-refractivity contribution >= 4 is 22.5 Å². The maximum absolute atomic E-state index is 11.1. The van der Waals surface area contributed by atoms with Crippen LogP contribution in [0.2, 0.25) is 0 Å². The fourth-order valence-corrected chi connectivity index (χ4v) is 3.58. The van der Waals surface area contributed by atoms with Crippen LogP contribution in [0.4, 0.5) is 0 Å². The second kappa shape index (κ2) is 3.98. The van der Waals surface area contributed by atoms with Crippen LogP contribution in [0, 0.1) is 0 Å². The third kappa shape index (κ3) is 2.64. The summed E-state index contributed by atoms with van der Waals surface area (Å²) in [6.45, 7) is 0.864. The molecule has 0 aromatic carbocycles. The van der Waals surface area contributed by atoms with Crippen molar-refractivity contribution < 1.29 is 8.42 Å². The summed E-state index contributed by atoms with van der Waals surface area (Å²) in [7, 11) is -0.765. The number of thiol groups is 1. The van der Waals surface area contributed by atoms with E-state index >= 15 is 0 Å². The average Bonchev–Trinajstić information content (AvgIpc) is 2.31. The summed E-state index contributed by atoms with van der Waals surface area (Å²) >= 11 is 4.10. The number of nitrogens with zero attached hydrogens (tertiary/aromatic N) is 1. The Balaban J connectivity index is 2.46. The lowest BCUT2D eigenvalue weighted by molar-refractivity contribution is 0.278. The number of sulfone groups is 1. The first kappa shape index (κ1) is 10.3. The highest BCUT2D eigenvalue weighted by atomic mass is 32.2. The van der Waals surface area contributed by atoms with Crippen LogP contribution in [-0.2, 0) is 9.84 Å². The van der Waals surface area contributed by atoms with E-state index in [0.717, 1.165) is 18.7 Å². The summed E-state index contributed by atoms with van der Waals surface area (Å²) in [6.07, 6.45) is 0.784. The summed E-state index contributed by atoms with van der Waals surface area (Å²) in [6, 6.07) is 0.224. The topological polar surface area (TPSA) is 37.4 Å². The van der Waals surface area contributed by atoms with Gasteiger partial charge < -0.3 is 4.90 Å². The van der Waals surface area contributed by atoms with Gasteiger partial charge in [0.15, 0.2) is 9.84 Å². The van der Waals surface area contributed by atoms with Gasteiger partial charge >= 0.3 is 0 Å². The molecule has 1 rings (SSSR count). The van der Waals surface area contributed by atoms with Gasteiger partial charge in [0.05, 0.1) is 11.5 Å².